The van der Waals surface area contributed by atoms with E-state index in [9.17, 15) is 0 Å². The van der Waals surface area contributed by atoms with Crippen molar-refractivity contribution in [1.82, 2.24) is 14.5 Å². The second-order valence-electron chi connectivity index (χ2n) is 5.08. The average molecular weight is 251 g/mol. The van der Waals surface area contributed by atoms with Crippen LogP contribution in [0.2, 0.25) is 0 Å². The summed E-state index contributed by atoms with van der Waals surface area (Å²) in [4.78, 5) is 9.10. The Morgan fingerprint density at radius 2 is 1.95 bits per heavy atom. The Morgan fingerprint density at radius 1 is 1.11 bits per heavy atom. The Hall–Kier alpha value is -2.16. The molecule has 3 nitrogen and oxygen atoms in total. The largest absolute Gasteiger partial charge is 0.328 e. The highest BCUT2D eigenvalue weighted by molar-refractivity contribution is 5.93. The van der Waals surface area contributed by atoms with Crippen LogP contribution in [0.3, 0.4) is 0 Å². The van der Waals surface area contributed by atoms with Crippen molar-refractivity contribution in [3.63, 3.8) is 0 Å². The average Bonchev–Trinajstić information content (AvgIpc) is 2.86. The van der Waals surface area contributed by atoms with Crippen molar-refractivity contribution < 1.29 is 0 Å². The molecule has 19 heavy (non-hydrogen) atoms. The number of nitrogens with zero attached hydrogens (tertiary/aromatic N) is 3. The van der Waals surface area contributed by atoms with Crippen LogP contribution in [0.4, 0.5) is 0 Å². The maximum atomic E-state index is 4.58. The van der Waals surface area contributed by atoms with E-state index in [2.05, 4.69) is 52.6 Å². The lowest BCUT2D eigenvalue weighted by molar-refractivity contribution is 0.607. The standard InChI is InChI=1S/C16H17N3/c1-11(2)19-10-9-17-16(19)14-5-4-6-15-13(14)8-7-12(3)18-15/h4-11H,1-3H3. The van der Waals surface area contributed by atoms with Gasteiger partial charge in [0, 0.05) is 35.1 Å². The molecular weight excluding hydrogens is 234 g/mol. The summed E-state index contributed by atoms with van der Waals surface area (Å²) in [6.07, 6.45) is 3.89. The van der Waals surface area contributed by atoms with Gasteiger partial charge in [-0.15, -0.1) is 0 Å². The van der Waals surface area contributed by atoms with Crippen LogP contribution >= 0.6 is 0 Å². The van der Waals surface area contributed by atoms with Crippen LogP contribution in [-0.4, -0.2) is 14.5 Å². The lowest BCUT2D eigenvalue weighted by Gasteiger charge is -2.13. The van der Waals surface area contributed by atoms with Gasteiger partial charge in [-0.1, -0.05) is 18.2 Å². The number of imidazole rings is 1. The minimum absolute atomic E-state index is 0.395. The zero-order valence-corrected chi connectivity index (χ0v) is 11.5. The minimum atomic E-state index is 0.395. The molecule has 1 aromatic carbocycles. The second kappa shape index (κ2) is 4.50. The number of aryl methyl sites for hydroxylation is 1. The van der Waals surface area contributed by atoms with Gasteiger partial charge in [0.05, 0.1) is 5.52 Å². The van der Waals surface area contributed by atoms with Gasteiger partial charge in [0.15, 0.2) is 0 Å². The molecule has 0 saturated heterocycles. The van der Waals surface area contributed by atoms with Crippen molar-refractivity contribution in [2.75, 3.05) is 0 Å². The van der Waals surface area contributed by atoms with Crippen LogP contribution in [0, 0.1) is 6.92 Å². The van der Waals surface area contributed by atoms with Gasteiger partial charge >= 0.3 is 0 Å². The van der Waals surface area contributed by atoms with E-state index in [-0.39, 0.29) is 0 Å². The van der Waals surface area contributed by atoms with Crippen molar-refractivity contribution in [3.8, 4) is 11.4 Å². The van der Waals surface area contributed by atoms with E-state index < -0.39 is 0 Å². The monoisotopic (exact) mass is 251 g/mol. The van der Waals surface area contributed by atoms with Crippen molar-refractivity contribution in [2.45, 2.75) is 26.8 Å². The number of benzene rings is 1. The summed E-state index contributed by atoms with van der Waals surface area (Å²) in [5, 5.41) is 1.15. The molecule has 0 aliphatic carbocycles. The van der Waals surface area contributed by atoms with Crippen LogP contribution in [0.25, 0.3) is 22.3 Å². The van der Waals surface area contributed by atoms with Gasteiger partial charge in [0.1, 0.15) is 5.82 Å². The Balaban J connectivity index is 2.28. The normalized spacial score (nSPS) is 11.4. The van der Waals surface area contributed by atoms with Crippen LogP contribution in [-0.2, 0) is 0 Å². The highest BCUT2D eigenvalue weighted by Crippen LogP contribution is 2.28. The van der Waals surface area contributed by atoms with E-state index in [1.165, 1.54) is 0 Å². The van der Waals surface area contributed by atoms with Gasteiger partial charge in [-0.2, -0.15) is 0 Å². The lowest BCUT2D eigenvalue weighted by atomic mass is 10.1. The first kappa shape index (κ1) is 11.9. The molecule has 0 N–H and O–H groups in total. The molecular formula is C16H17N3. The quantitative estimate of drug-likeness (QED) is 0.689. The molecule has 0 saturated carbocycles. The summed E-state index contributed by atoms with van der Waals surface area (Å²) in [6, 6.07) is 10.8. The van der Waals surface area contributed by atoms with Crippen molar-refractivity contribution in [3.05, 3.63) is 48.4 Å². The van der Waals surface area contributed by atoms with E-state index >= 15 is 0 Å². The number of aromatic nitrogens is 3. The summed E-state index contributed by atoms with van der Waals surface area (Å²) >= 11 is 0. The maximum absolute atomic E-state index is 4.58. The summed E-state index contributed by atoms with van der Waals surface area (Å²) < 4.78 is 2.19. The summed E-state index contributed by atoms with van der Waals surface area (Å²) in [6.45, 7) is 6.35. The molecule has 0 aliphatic heterocycles. The topological polar surface area (TPSA) is 30.7 Å². The molecule has 2 aromatic heterocycles. The van der Waals surface area contributed by atoms with E-state index in [0.29, 0.717) is 6.04 Å². The first-order valence-corrected chi connectivity index (χ1v) is 6.56. The molecule has 3 aromatic rings. The Morgan fingerprint density at radius 3 is 2.74 bits per heavy atom. The first-order valence-electron chi connectivity index (χ1n) is 6.56. The zero-order chi connectivity index (χ0) is 13.4. The molecule has 0 fully saturated rings. The van der Waals surface area contributed by atoms with Crippen molar-refractivity contribution >= 4 is 10.9 Å². The number of fused-ring (bicyclic) bond motifs is 1. The molecule has 0 aliphatic rings. The molecule has 0 unspecified atom stereocenters. The predicted molar refractivity (Wildman–Crippen MR) is 78.1 cm³/mol. The molecule has 0 atom stereocenters. The van der Waals surface area contributed by atoms with Crippen LogP contribution in [0.5, 0.6) is 0 Å². The third kappa shape index (κ3) is 2.01. The van der Waals surface area contributed by atoms with E-state index in [1.807, 2.05) is 25.4 Å². The molecule has 0 bridgehead atoms. The Bertz CT molecular complexity index is 726. The fraction of sp³-hybridized carbons (Fsp3) is 0.250. The van der Waals surface area contributed by atoms with Crippen molar-refractivity contribution in [2.24, 2.45) is 0 Å². The fourth-order valence-electron chi connectivity index (χ4n) is 2.39. The number of hydrogen-bond acceptors (Lipinski definition) is 2. The predicted octanol–water partition coefficient (Wildman–Crippen LogP) is 3.99. The van der Waals surface area contributed by atoms with Gasteiger partial charge in [-0.25, -0.2) is 4.98 Å². The Kier molecular flexibility index (Phi) is 2.82. The summed E-state index contributed by atoms with van der Waals surface area (Å²) in [5.74, 6) is 1.01. The highest BCUT2D eigenvalue weighted by atomic mass is 15.1. The lowest BCUT2D eigenvalue weighted by Crippen LogP contribution is -2.02. The zero-order valence-electron chi connectivity index (χ0n) is 11.5. The molecule has 3 rings (SSSR count). The van der Waals surface area contributed by atoms with E-state index in [4.69, 9.17) is 0 Å². The number of rotatable bonds is 2. The van der Waals surface area contributed by atoms with Crippen LogP contribution < -0.4 is 0 Å². The van der Waals surface area contributed by atoms with Crippen molar-refractivity contribution in [1.29, 1.82) is 0 Å². The van der Waals surface area contributed by atoms with Gasteiger partial charge in [-0.05, 0) is 32.9 Å². The van der Waals surface area contributed by atoms with E-state index in [1.54, 1.807) is 0 Å². The van der Waals surface area contributed by atoms with Gasteiger partial charge in [-0.3, -0.25) is 4.98 Å². The van der Waals surface area contributed by atoms with Gasteiger partial charge in [0.25, 0.3) is 0 Å². The van der Waals surface area contributed by atoms with Crippen LogP contribution in [0.1, 0.15) is 25.6 Å². The SMILES string of the molecule is Cc1ccc2c(-c3nccn3C(C)C)cccc2n1. The first-order chi connectivity index (χ1) is 9.16. The van der Waals surface area contributed by atoms with Gasteiger partial charge < -0.3 is 4.57 Å². The molecule has 3 heteroatoms. The third-order valence-electron chi connectivity index (χ3n) is 3.34. The van der Waals surface area contributed by atoms with Gasteiger partial charge in [0.2, 0.25) is 0 Å². The molecule has 2 heterocycles. The smallest absolute Gasteiger partial charge is 0.140 e. The van der Waals surface area contributed by atoms with Crippen LogP contribution in [0.15, 0.2) is 42.7 Å². The summed E-state index contributed by atoms with van der Waals surface area (Å²) in [5.41, 5.74) is 3.20. The molecule has 0 amide bonds. The molecule has 0 radical (unpaired) electrons. The second-order valence-corrected chi connectivity index (χ2v) is 5.08. The highest BCUT2D eigenvalue weighted by Gasteiger charge is 2.11. The number of pyridine rings is 1. The number of hydrogen-bond donors (Lipinski definition) is 0. The molecule has 96 valence electrons. The maximum Gasteiger partial charge on any atom is 0.140 e. The fourth-order valence-corrected chi connectivity index (χ4v) is 2.39. The van der Waals surface area contributed by atoms with E-state index in [0.717, 1.165) is 28.0 Å². The minimum Gasteiger partial charge on any atom is -0.328 e. The summed E-state index contributed by atoms with van der Waals surface area (Å²) in [7, 11) is 0. The molecule has 0 spiro atoms. The third-order valence-corrected chi connectivity index (χ3v) is 3.34. The Labute approximate surface area is 112 Å².